The van der Waals surface area contributed by atoms with Gasteiger partial charge in [-0.05, 0) is 55.5 Å². The smallest absolute Gasteiger partial charge is 0.419 e. The van der Waals surface area contributed by atoms with Crippen molar-refractivity contribution in [3.63, 3.8) is 0 Å². The monoisotopic (exact) mass is 474 g/mol. The minimum atomic E-state index is -0.756. The van der Waals surface area contributed by atoms with E-state index in [4.69, 9.17) is 9.15 Å². The quantitative estimate of drug-likeness (QED) is 0.431. The van der Waals surface area contributed by atoms with Crippen LogP contribution in [0.3, 0.4) is 0 Å². The summed E-state index contributed by atoms with van der Waals surface area (Å²) >= 11 is 0. The molecule has 1 fully saturated rings. The van der Waals surface area contributed by atoms with Crippen molar-refractivity contribution in [1.82, 2.24) is 19.6 Å². The molecule has 2 atom stereocenters. The molecule has 180 valence electrons. The molecule has 0 amide bonds. The number of ether oxygens (including phenoxy) is 1. The Morgan fingerprint density at radius 1 is 1.14 bits per heavy atom. The minimum Gasteiger partial charge on any atom is -0.490 e. The van der Waals surface area contributed by atoms with Gasteiger partial charge < -0.3 is 14.3 Å². The van der Waals surface area contributed by atoms with Crippen LogP contribution in [0.5, 0.6) is 5.75 Å². The second-order valence-electron chi connectivity index (χ2n) is 8.85. The minimum absolute atomic E-state index is 0.110. The second kappa shape index (κ2) is 9.61. The molecule has 1 aliphatic carbocycles. The van der Waals surface area contributed by atoms with Crippen molar-refractivity contribution in [2.45, 2.75) is 38.3 Å². The zero-order chi connectivity index (χ0) is 24.4. The highest BCUT2D eigenvalue weighted by atomic mass is 16.5. The number of aryl methyl sites for hydroxylation is 1. The maximum atomic E-state index is 12.5. The third-order valence-electron chi connectivity index (χ3n) is 6.37. The summed E-state index contributed by atoms with van der Waals surface area (Å²) in [6.45, 7) is 0.403. The molecule has 4 aromatic rings. The molecule has 2 heterocycles. The van der Waals surface area contributed by atoms with Crippen LogP contribution in [0.15, 0.2) is 70.0 Å². The Morgan fingerprint density at radius 2 is 1.91 bits per heavy atom. The molecule has 0 spiro atoms. The summed E-state index contributed by atoms with van der Waals surface area (Å²) in [6, 6.07) is 17.1. The van der Waals surface area contributed by atoms with Crippen LogP contribution >= 0.6 is 0 Å². The van der Waals surface area contributed by atoms with Gasteiger partial charge in [-0.25, -0.2) is 9.48 Å². The van der Waals surface area contributed by atoms with E-state index in [0.29, 0.717) is 42.3 Å². The van der Waals surface area contributed by atoms with Crippen LogP contribution in [0.25, 0.3) is 22.7 Å². The van der Waals surface area contributed by atoms with E-state index in [9.17, 15) is 14.7 Å². The molecule has 0 bridgehead atoms. The van der Waals surface area contributed by atoms with E-state index >= 15 is 0 Å². The van der Waals surface area contributed by atoms with Crippen LogP contribution in [0.1, 0.15) is 31.2 Å². The number of oxazole rings is 1. The summed E-state index contributed by atoms with van der Waals surface area (Å²) in [7, 11) is 1.75. The Balaban J connectivity index is 1.36. The molecule has 35 heavy (non-hydrogen) atoms. The summed E-state index contributed by atoms with van der Waals surface area (Å²) in [5, 5.41) is 17.7. The Bertz CT molecular complexity index is 1370. The predicted octanol–water partition coefficient (Wildman–Crippen LogP) is 3.97. The first-order chi connectivity index (χ1) is 17.0. The third kappa shape index (κ3) is 4.89. The van der Waals surface area contributed by atoms with Crippen LogP contribution in [0.2, 0.25) is 0 Å². The van der Waals surface area contributed by atoms with Crippen LogP contribution in [0.4, 0.5) is 0 Å². The first-order valence-corrected chi connectivity index (χ1v) is 11.6. The van der Waals surface area contributed by atoms with Crippen molar-refractivity contribution in [1.29, 1.82) is 0 Å². The van der Waals surface area contributed by atoms with Crippen molar-refractivity contribution >= 4 is 5.97 Å². The average molecular weight is 475 g/mol. The van der Waals surface area contributed by atoms with Gasteiger partial charge in [-0.3, -0.25) is 9.36 Å². The molecule has 1 saturated carbocycles. The van der Waals surface area contributed by atoms with E-state index in [-0.39, 0.29) is 12.0 Å². The van der Waals surface area contributed by atoms with E-state index in [1.807, 2.05) is 54.6 Å². The van der Waals surface area contributed by atoms with Crippen molar-refractivity contribution in [3.05, 3.63) is 76.9 Å². The average Bonchev–Trinajstić information content (AvgIpc) is 3.42. The van der Waals surface area contributed by atoms with Gasteiger partial charge >= 0.3 is 11.7 Å². The number of carboxylic acid groups (broad SMARTS) is 1. The third-order valence-corrected chi connectivity index (χ3v) is 6.37. The maximum absolute atomic E-state index is 12.5. The van der Waals surface area contributed by atoms with Gasteiger partial charge in [0, 0.05) is 12.6 Å². The molecule has 2 aromatic carbocycles. The number of aliphatic carboxylic acids is 1. The summed E-state index contributed by atoms with van der Waals surface area (Å²) < 4.78 is 14.7. The first kappa shape index (κ1) is 22.6. The topological polar surface area (TPSA) is 112 Å². The summed E-state index contributed by atoms with van der Waals surface area (Å²) in [5.74, 6) is -0.495. The lowest BCUT2D eigenvalue weighted by molar-refractivity contribution is -0.143. The van der Waals surface area contributed by atoms with Crippen LogP contribution < -0.4 is 10.5 Å². The molecule has 0 aliphatic heterocycles. The summed E-state index contributed by atoms with van der Waals surface area (Å²) in [5.41, 5.74) is 2.97. The second-order valence-corrected chi connectivity index (χ2v) is 8.85. The van der Waals surface area contributed by atoms with Gasteiger partial charge in [0.1, 0.15) is 17.1 Å². The van der Waals surface area contributed by atoms with E-state index in [2.05, 4.69) is 10.3 Å². The molecular formula is C26H26N4O5. The van der Waals surface area contributed by atoms with Crippen molar-refractivity contribution in [2.24, 2.45) is 13.0 Å². The molecule has 1 unspecified atom stereocenters. The molecular weight excluding hydrogens is 448 g/mol. The molecule has 1 aliphatic rings. The van der Waals surface area contributed by atoms with E-state index in [0.717, 1.165) is 24.0 Å². The number of aromatic nitrogens is 4. The highest BCUT2D eigenvalue weighted by Gasteiger charge is 2.28. The van der Waals surface area contributed by atoms with E-state index in [1.165, 1.54) is 4.57 Å². The number of hydrogen-bond donors (Lipinski definition) is 1. The summed E-state index contributed by atoms with van der Waals surface area (Å²) in [4.78, 5) is 23.8. The van der Waals surface area contributed by atoms with Gasteiger partial charge in [0.15, 0.2) is 5.76 Å². The molecule has 1 N–H and O–H groups in total. The molecule has 0 saturated heterocycles. The maximum Gasteiger partial charge on any atom is 0.419 e. The lowest BCUT2D eigenvalue weighted by Gasteiger charge is -2.27. The standard InChI is InChI=1S/C26H26N4O5/c1-29-24(22-16-30(26(33)35-22)15-17-6-3-2-4-7-17)23(27-28-29)18-10-12-20(13-11-18)34-21-9-5-8-19(14-21)25(31)32/h2-4,6-7,10-13,16,19,21H,5,8-9,14-15H2,1H3,(H,31,32)/t19-,21?/m0/s1. The fourth-order valence-corrected chi connectivity index (χ4v) is 4.56. The lowest BCUT2D eigenvalue weighted by Crippen LogP contribution is -2.29. The summed E-state index contributed by atoms with van der Waals surface area (Å²) in [6.07, 6.45) is 4.48. The van der Waals surface area contributed by atoms with Gasteiger partial charge in [0.25, 0.3) is 0 Å². The van der Waals surface area contributed by atoms with Crippen molar-refractivity contribution in [2.75, 3.05) is 0 Å². The normalized spacial score (nSPS) is 17.9. The first-order valence-electron chi connectivity index (χ1n) is 11.6. The Hall–Kier alpha value is -4.14. The Labute approximate surface area is 201 Å². The number of carbonyl (C=O) groups is 1. The molecule has 5 rings (SSSR count). The zero-order valence-corrected chi connectivity index (χ0v) is 19.3. The molecule has 2 aromatic heterocycles. The number of hydrogen-bond acceptors (Lipinski definition) is 6. The van der Waals surface area contributed by atoms with Gasteiger partial charge in [-0.2, -0.15) is 0 Å². The highest BCUT2D eigenvalue weighted by molar-refractivity contribution is 5.75. The van der Waals surface area contributed by atoms with Gasteiger partial charge in [0.2, 0.25) is 0 Å². The Kier molecular flexibility index (Phi) is 6.22. The molecule has 9 nitrogen and oxygen atoms in total. The number of benzene rings is 2. The molecule has 0 radical (unpaired) electrons. The van der Waals surface area contributed by atoms with Gasteiger partial charge in [0.05, 0.1) is 24.8 Å². The van der Waals surface area contributed by atoms with Crippen LogP contribution in [0, 0.1) is 5.92 Å². The zero-order valence-electron chi connectivity index (χ0n) is 19.3. The van der Waals surface area contributed by atoms with Crippen molar-refractivity contribution < 1.29 is 19.1 Å². The number of carboxylic acids is 1. The fraction of sp³-hybridized carbons (Fsp3) is 0.308. The molecule has 9 heteroatoms. The fourth-order valence-electron chi connectivity index (χ4n) is 4.56. The van der Waals surface area contributed by atoms with Crippen LogP contribution in [-0.2, 0) is 18.4 Å². The number of rotatable bonds is 7. The predicted molar refractivity (Wildman–Crippen MR) is 128 cm³/mol. The van der Waals surface area contributed by atoms with E-state index < -0.39 is 11.7 Å². The SMILES string of the molecule is Cn1nnc(-c2ccc(OC3CCC[C@H](C(=O)O)C3)cc2)c1-c1cn(Cc2ccccc2)c(=O)o1. The van der Waals surface area contributed by atoms with Gasteiger partial charge in [-0.15, -0.1) is 5.10 Å². The number of nitrogens with zero attached hydrogens (tertiary/aromatic N) is 4. The lowest BCUT2D eigenvalue weighted by atomic mass is 9.87. The van der Waals surface area contributed by atoms with Crippen molar-refractivity contribution in [3.8, 4) is 28.5 Å². The van der Waals surface area contributed by atoms with Gasteiger partial charge in [-0.1, -0.05) is 35.5 Å². The highest BCUT2D eigenvalue weighted by Crippen LogP contribution is 2.32. The van der Waals surface area contributed by atoms with E-state index in [1.54, 1.807) is 17.9 Å². The Morgan fingerprint density at radius 3 is 2.66 bits per heavy atom. The van der Waals surface area contributed by atoms with Crippen LogP contribution in [-0.4, -0.2) is 36.7 Å². The largest absolute Gasteiger partial charge is 0.490 e.